The predicted octanol–water partition coefficient (Wildman–Crippen LogP) is 2.98. The molecule has 0 amide bonds. The minimum absolute atomic E-state index is 0.103. The Kier molecular flexibility index (Phi) is 2.80. The van der Waals surface area contributed by atoms with E-state index in [4.69, 9.17) is 16.3 Å². The van der Waals surface area contributed by atoms with E-state index in [1.807, 2.05) is 25.1 Å². The number of benzene rings is 1. The van der Waals surface area contributed by atoms with Crippen molar-refractivity contribution in [1.82, 2.24) is 9.97 Å². The molecule has 0 saturated heterocycles. The molecule has 4 nitrogen and oxygen atoms in total. The Labute approximate surface area is 110 Å². The molecule has 5 heteroatoms. The third-order valence-electron chi connectivity index (χ3n) is 2.95. The summed E-state index contributed by atoms with van der Waals surface area (Å²) in [5, 5.41) is 3.59. The Hall–Kier alpha value is -1.81. The van der Waals surface area contributed by atoms with E-state index in [0.29, 0.717) is 6.61 Å². The van der Waals surface area contributed by atoms with Crippen molar-refractivity contribution in [3.8, 4) is 5.75 Å². The van der Waals surface area contributed by atoms with Gasteiger partial charge in [0.15, 0.2) is 0 Å². The molecule has 1 atom stereocenters. The molecule has 1 aromatic heterocycles. The maximum atomic E-state index is 5.81. The molecule has 1 aliphatic rings. The third kappa shape index (κ3) is 1.99. The van der Waals surface area contributed by atoms with Crippen LogP contribution in [-0.2, 0) is 0 Å². The SMILES string of the molecule is Cc1cnc(Cl)nc1NC1COc2ccccc21. The van der Waals surface area contributed by atoms with E-state index >= 15 is 0 Å². The van der Waals surface area contributed by atoms with Crippen molar-refractivity contribution >= 4 is 17.4 Å². The summed E-state index contributed by atoms with van der Waals surface area (Å²) in [4.78, 5) is 8.14. The predicted molar refractivity (Wildman–Crippen MR) is 70.1 cm³/mol. The Morgan fingerprint density at radius 3 is 3.11 bits per heavy atom. The number of nitrogens with zero attached hydrogens (tertiary/aromatic N) is 2. The van der Waals surface area contributed by atoms with Gasteiger partial charge in [0, 0.05) is 17.3 Å². The minimum Gasteiger partial charge on any atom is -0.491 e. The minimum atomic E-state index is 0.103. The van der Waals surface area contributed by atoms with Gasteiger partial charge in [0.1, 0.15) is 18.2 Å². The first-order valence-corrected chi connectivity index (χ1v) is 6.09. The van der Waals surface area contributed by atoms with E-state index in [0.717, 1.165) is 22.7 Å². The maximum absolute atomic E-state index is 5.81. The number of aromatic nitrogens is 2. The van der Waals surface area contributed by atoms with Crippen LogP contribution in [-0.4, -0.2) is 16.6 Å². The number of anilines is 1. The fraction of sp³-hybridized carbons (Fsp3) is 0.231. The quantitative estimate of drug-likeness (QED) is 0.845. The summed E-state index contributed by atoms with van der Waals surface area (Å²) >= 11 is 5.81. The summed E-state index contributed by atoms with van der Waals surface area (Å²) < 4.78 is 5.61. The zero-order valence-corrected chi connectivity index (χ0v) is 10.6. The molecule has 2 aromatic rings. The highest BCUT2D eigenvalue weighted by Gasteiger charge is 2.24. The van der Waals surface area contributed by atoms with Gasteiger partial charge in [0.05, 0.1) is 6.04 Å². The van der Waals surface area contributed by atoms with Crippen molar-refractivity contribution in [3.63, 3.8) is 0 Å². The monoisotopic (exact) mass is 261 g/mol. The summed E-state index contributed by atoms with van der Waals surface area (Å²) in [6.45, 7) is 2.54. The first-order chi connectivity index (χ1) is 8.74. The number of halogens is 1. The molecule has 0 saturated carbocycles. The average Bonchev–Trinajstić information content (AvgIpc) is 2.78. The highest BCUT2D eigenvalue weighted by Crippen LogP contribution is 2.34. The van der Waals surface area contributed by atoms with Gasteiger partial charge in [-0.2, -0.15) is 0 Å². The lowest BCUT2D eigenvalue weighted by molar-refractivity contribution is 0.339. The van der Waals surface area contributed by atoms with E-state index in [-0.39, 0.29) is 11.3 Å². The number of hydrogen-bond acceptors (Lipinski definition) is 4. The number of rotatable bonds is 2. The second-order valence-corrected chi connectivity index (χ2v) is 4.55. The lowest BCUT2D eigenvalue weighted by atomic mass is 10.1. The fourth-order valence-corrected chi connectivity index (χ4v) is 2.15. The summed E-state index contributed by atoms with van der Waals surface area (Å²) in [6.07, 6.45) is 1.71. The summed E-state index contributed by atoms with van der Waals surface area (Å²) in [5.74, 6) is 1.67. The van der Waals surface area contributed by atoms with Crippen LogP contribution in [0.25, 0.3) is 0 Å². The van der Waals surface area contributed by atoms with Gasteiger partial charge in [-0.1, -0.05) is 18.2 Å². The molecule has 92 valence electrons. The molecule has 0 bridgehead atoms. The smallest absolute Gasteiger partial charge is 0.224 e. The molecular formula is C13H12ClN3O. The molecule has 0 aliphatic carbocycles. The molecule has 0 fully saturated rings. The van der Waals surface area contributed by atoms with Crippen molar-refractivity contribution in [3.05, 3.63) is 46.9 Å². The van der Waals surface area contributed by atoms with Crippen LogP contribution in [0.5, 0.6) is 5.75 Å². The normalized spacial score (nSPS) is 17.1. The molecular weight excluding hydrogens is 250 g/mol. The Bertz CT molecular complexity index is 588. The average molecular weight is 262 g/mol. The molecule has 0 radical (unpaired) electrons. The lowest BCUT2D eigenvalue weighted by Gasteiger charge is -2.14. The van der Waals surface area contributed by atoms with Crippen LogP contribution < -0.4 is 10.1 Å². The number of hydrogen-bond donors (Lipinski definition) is 1. The van der Waals surface area contributed by atoms with Crippen LogP contribution in [0.2, 0.25) is 5.28 Å². The molecule has 2 heterocycles. The van der Waals surface area contributed by atoms with Gasteiger partial charge in [-0.3, -0.25) is 0 Å². The highest BCUT2D eigenvalue weighted by molar-refractivity contribution is 6.28. The van der Waals surface area contributed by atoms with Gasteiger partial charge < -0.3 is 10.1 Å². The number of ether oxygens (including phenoxy) is 1. The van der Waals surface area contributed by atoms with E-state index in [1.54, 1.807) is 6.20 Å². The largest absolute Gasteiger partial charge is 0.491 e. The third-order valence-corrected chi connectivity index (χ3v) is 3.14. The number of fused-ring (bicyclic) bond motifs is 1. The Morgan fingerprint density at radius 2 is 2.22 bits per heavy atom. The van der Waals surface area contributed by atoms with Crippen LogP contribution in [0.15, 0.2) is 30.5 Å². The van der Waals surface area contributed by atoms with Crippen LogP contribution in [0.3, 0.4) is 0 Å². The van der Waals surface area contributed by atoms with Crippen LogP contribution in [0, 0.1) is 6.92 Å². The van der Waals surface area contributed by atoms with Gasteiger partial charge in [-0.25, -0.2) is 9.97 Å². The molecule has 3 rings (SSSR count). The van der Waals surface area contributed by atoms with Crippen molar-refractivity contribution in [2.45, 2.75) is 13.0 Å². The van der Waals surface area contributed by atoms with Crippen molar-refractivity contribution in [2.24, 2.45) is 0 Å². The first kappa shape index (κ1) is 11.3. The molecule has 1 aliphatic heterocycles. The summed E-state index contributed by atoms with van der Waals surface area (Å²) in [7, 11) is 0. The van der Waals surface area contributed by atoms with Gasteiger partial charge in [0.25, 0.3) is 0 Å². The van der Waals surface area contributed by atoms with Gasteiger partial charge in [-0.15, -0.1) is 0 Å². The van der Waals surface area contributed by atoms with E-state index in [1.165, 1.54) is 0 Å². The molecule has 18 heavy (non-hydrogen) atoms. The maximum Gasteiger partial charge on any atom is 0.224 e. The van der Waals surface area contributed by atoms with Crippen LogP contribution in [0.4, 0.5) is 5.82 Å². The van der Waals surface area contributed by atoms with Crippen molar-refractivity contribution in [1.29, 1.82) is 0 Å². The highest BCUT2D eigenvalue weighted by atomic mass is 35.5. The Balaban J connectivity index is 1.88. The molecule has 0 spiro atoms. The van der Waals surface area contributed by atoms with Crippen LogP contribution >= 0.6 is 11.6 Å². The van der Waals surface area contributed by atoms with Crippen LogP contribution in [0.1, 0.15) is 17.2 Å². The summed E-state index contributed by atoms with van der Waals surface area (Å²) in [5.41, 5.74) is 2.11. The number of para-hydroxylation sites is 1. The first-order valence-electron chi connectivity index (χ1n) is 5.71. The second-order valence-electron chi connectivity index (χ2n) is 4.22. The topological polar surface area (TPSA) is 47.0 Å². The molecule has 1 N–H and O–H groups in total. The second kappa shape index (κ2) is 4.46. The lowest BCUT2D eigenvalue weighted by Crippen LogP contribution is -2.14. The van der Waals surface area contributed by atoms with E-state index < -0.39 is 0 Å². The number of aryl methyl sites for hydroxylation is 1. The molecule has 1 unspecified atom stereocenters. The van der Waals surface area contributed by atoms with Gasteiger partial charge in [0.2, 0.25) is 5.28 Å². The fourth-order valence-electron chi connectivity index (χ4n) is 2.01. The standard InChI is InChI=1S/C13H12ClN3O/c1-8-6-15-13(14)17-12(8)16-10-7-18-11-5-3-2-4-9(10)11/h2-6,10H,7H2,1H3,(H,15,16,17). The Morgan fingerprint density at radius 1 is 1.39 bits per heavy atom. The van der Waals surface area contributed by atoms with Gasteiger partial charge >= 0.3 is 0 Å². The van der Waals surface area contributed by atoms with E-state index in [2.05, 4.69) is 21.4 Å². The zero-order chi connectivity index (χ0) is 12.5. The van der Waals surface area contributed by atoms with Gasteiger partial charge in [-0.05, 0) is 24.6 Å². The summed E-state index contributed by atoms with van der Waals surface area (Å²) in [6, 6.07) is 8.09. The number of nitrogens with one attached hydrogen (secondary N) is 1. The zero-order valence-electron chi connectivity index (χ0n) is 9.85. The molecule has 1 aromatic carbocycles. The van der Waals surface area contributed by atoms with Crippen molar-refractivity contribution in [2.75, 3.05) is 11.9 Å². The van der Waals surface area contributed by atoms with E-state index in [9.17, 15) is 0 Å². The van der Waals surface area contributed by atoms with Crippen molar-refractivity contribution < 1.29 is 4.74 Å².